The van der Waals surface area contributed by atoms with Gasteiger partial charge in [-0.1, -0.05) is 6.42 Å². The first kappa shape index (κ1) is 16.9. The normalized spacial score (nSPS) is 15.7. The van der Waals surface area contributed by atoms with E-state index in [-0.39, 0.29) is 11.8 Å². The van der Waals surface area contributed by atoms with Crippen molar-refractivity contribution in [1.82, 2.24) is 15.2 Å². The van der Waals surface area contributed by atoms with E-state index in [9.17, 15) is 9.59 Å². The average Bonchev–Trinajstić information content (AvgIpc) is 2.88. The van der Waals surface area contributed by atoms with Gasteiger partial charge in [0.25, 0.3) is 5.91 Å². The highest BCUT2D eigenvalue weighted by atomic mass is 32.1. The second-order valence-corrected chi connectivity index (χ2v) is 6.41. The molecule has 7 heteroatoms. The molecular formula is C15H24N4O2S. The first-order valence-corrected chi connectivity index (χ1v) is 8.79. The summed E-state index contributed by atoms with van der Waals surface area (Å²) in [6.45, 7) is 2.67. The molecule has 22 heavy (non-hydrogen) atoms. The van der Waals surface area contributed by atoms with Gasteiger partial charge in [-0.25, -0.2) is 4.98 Å². The van der Waals surface area contributed by atoms with Crippen LogP contribution in [-0.2, 0) is 11.2 Å². The first-order valence-electron chi connectivity index (χ1n) is 7.91. The third-order valence-corrected chi connectivity index (χ3v) is 4.61. The number of likely N-dealkylation sites (tertiary alicyclic amines) is 1. The van der Waals surface area contributed by atoms with Crippen molar-refractivity contribution >= 4 is 23.2 Å². The van der Waals surface area contributed by atoms with Crippen molar-refractivity contribution in [2.75, 3.05) is 26.2 Å². The Hall–Kier alpha value is -1.47. The van der Waals surface area contributed by atoms with Crippen LogP contribution in [0.15, 0.2) is 5.38 Å². The van der Waals surface area contributed by atoms with Crippen LogP contribution in [0.25, 0.3) is 0 Å². The molecule has 0 bridgehead atoms. The van der Waals surface area contributed by atoms with Gasteiger partial charge in [0.15, 0.2) is 0 Å². The fourth-order valence-corrected chi connectivity index (χ4v) is 3.29. The fraction of sp³-hybridized carbons (Fsp3) is 0.667. The Morgan fingerprint density at radius 2 is 2.27 bits per heavy atom. The highest BCUT2D eigenvalue weighted by Gasteiger charge is 2.16. The average molecular weight is 324 g/mol. The topological polar surface area (TPSA) is 88.3 Å². The van der Waals surface area contributed by atoms with E-state index in [0.29, 0.717) is 38.2 Å². The van der Waals surface area contributed by atoms with Crippen LogP contribution < -0.4 is 11.1 Å². The molecule has 0 aliphatic carbocycles. The predicted molar refractivity (Wildman–Crippen MR) is 86.9 cm³/mol. The molecule has 0 atom stereocenters. The third-order valence-electron chi connectivity index (χ3n) is 3.70. The van der Waals surface area contributed by atoms with E-state index >= 15 is 0 Å². The molecule has 0 saturated carbocycles. The molecule has 2 heterocycles. The number of hydrogen-bond donors (Lipinski definition) is 2. The van der Waals surface area contributed by atoms with E-state index < -0.39 is 0 Å². The van der Waals surface area contributed by atoms with Gasteiger partial charge in [0.1, 0.15) is 5.69 Å². The molecule has 1 aliphatic rings. The Bertz CT molecular complexity index is 503. The van der Waals surface area contributed by atoms with Crippen molar-refractivity contribution in [2.45, 2.75) is 38.5 Å². The monoisotopic (exact) mass is 324 g/mol. The summed E-state index contributed by atoms with van der Waals surface area (Å²) in [5, 5.41) is 5.51. The standard InChI is InChI=1S/C15H24N4O2S/c16-7-6-13-18-12(11-22-13)15(21)17-8-4-10-19-9-3-1-2-5-14(19)20/h11H,1-10,16H2,(H,17,21). The van der Waals surface area contributed by atoms with Gasteiger partial charge < -0.3 is 16.0 Å². The first-order chi connectivity index (χ1) is 10.7. The van der Waals surface area contributed by atoms with Crippen LogP contribution >= 0.6 is 11.3 Å². The Kier molecular flexibility index (Phi) is 6.79. The summed E-state index contributed by atoms with van der Waals surface area (Å²) < 4.78 is 0. The van der Waals surface area contributed by atoms with Crippen LogP contribution in [0.5, 0.6) is 0 Å². The highest BCUT2D eigenvalue weighted by molar-refractivity contribution is 7.09. The quantitative estimate of drug-likeness (QED) is 0.737. The summed E-state index contributed by atoms with van der Waals surface area (Å²) >= 11 is 1.46. The summed E-state index contributed by atoms with van der Waals surface area (Å²) in [5.41, 5.74) is 5.93. The molecule has 1 aromatic heterocycles. The number of amides is 2. The van der Waals surface area contributed by atoms with Gasteiger partial charge >= 0.3 is 0 Å². The lowest BCUT2D eigenvalue weighted by Gasteiger charge is -2.20. The number of aromatic nitrogens is 1. The number of rotatable bonds is 7. The van der Waals surface area contributed by atoms with Crippen molar-refractivity contribution < 1.29 is 9.59 Å². The minimum atomic E-state index is -0.151. The second-order valence-electron chi connectivity index (χ2n) is 5.47. The Balaban J connectivity index is 1.68. The highest BCUT2D eigenvalue weighted by Crippen LogP contribution is 2.11. The van der Waals surface area contributed by atoms with Crippen molar-refractivity contribution in [3.63, 3.8) is 0 Å². The van der Waals surface area contributed by atoms with Crippen LogP contribution in [0, 0.1) is 0 Å². The third kappa shape index (κ3) is 5.06. The predicted octanol–water partition coefficient (Wildman–Crippen LogP) is 1.17. The molecule has 6 nitrogen and oxygen atoms in total. The smallest absolute Gasteiger partial charge is 0.270 e. The molecular weight excluding hydrogens is 300 g/mol. The van der Waals surface area contributed by atoms with Crippen LogP contribution in [-0.4, -0.2) is 47.9 Å². The van der Waals surface area contributed by atoms with Crippen molar-refractivity contribution in [3.8, 4) is 0 Å². The number of carbonyl (C=O) groups excluding carboxylic acids is 2. The molecule has 0 aromatic carbocycles. The molecule has 0 spiro atoms. The number of nitrogens with two attached hydrogens (primary N) is 1. The Morgan fingerprint density at radius 3 is 3.09 bits per heavy atom. The Morgan fingerprint density at radius 1 is 1.41 bits per heavy atom. The number of hydrogen-bond acceptors (Lipinski definition) is 5. The number of nitrogens with one attached hydrogen (secondary N) is 1. The van der Waals surface area contributed by atoms with Gasteiger partial charge in [-0.3, -0.25) is 9.59 Å². The summed E-state index contributed by atoms with van der Waals surface area (Å²) in [5.74, 6) is 0.0940. The molecule has 1 aliphatic heterocycles. The molecule has 1 saturated heterocycles. The van der Waals surface area contributed by atoms with Gasteiger partial charge in [0.2, 0.25) is 5.91 Å². The van der Waals surface area contributed by atoms with Crippen molar-refractivity contribution in [3.05, 3.63) is 16.1 Å². The summed E-state index contributed by atoms with van der Waals surface area (Å²) in [6.07, 6.45) is 5.36. The second kappa shape index (κ2) is 8.85. The summed E-state index contributed by atoms with van der Waals surface area (Å²) in [7, 11) is 0. The molecule has 3 N–H and O–H groups in total. The largest absolute Gasteiger partial charge is 0.351 e. The minimum absolute atomic E-state index is 0.151. The summed E-state index contributed by atoms with van der Waals surface area (Å²) in [4.78, 5) is 30.0. The van der Waals surface area contributed by atoms with E-state index in [0.717, 1.165) is 37.2 Å². The summed E-state index contributed by atoms with van der Waals surface area (Å²) in [6, 6.07) is 0. The van der Waals surface area contributed by atoms with E-state index in [1.807, 2.05) is 4.90 Å². The lowest BCUT2D eigenvalue weighted by Crippen LogP contribution is -2.34. The lowest BCUT2D eigenvalue weighted by molar-refractivity contribution is -0.130. The van der Waals surface area contributed by atoms with Crippen LogP contribution in [0.2, 0.25) is 0 Å². The zero-order valence-electron chi connectivity index (χ0n) is 12.8. The minimum Gasteiger partial charge on any atom is -0.351 e. The lowest BCUT2D eigenvalue weighted by atomic mass is 10.2. The van der Waals surface area contributed by atoms with Gasteiger partial charge in [-0.2, -0.15) is 0 Å². The maximum atomic E-state index is 12.0. The fourth-order valence-electron chi connectivity index (χ4n) is 2.49. The molecule has 1 fully saturated rings. The van der Waals surface area contributed by atoms with Crippen molar-refractivity contribution in [2.24, 2.45) is 5.73 Å². The molecule has 1 aromatic rings. The van der Waals surface area contributed by atoms with Crippen molar-refractivity contribution in [1.29, 1.82) is 0 Å². The molecule has 0 unspecified atom stereocenters. The van der Waals surface area contributed by atoms with Gasteiger partial charge in [-0.15, -0.1) is 11.3 Å². The van der Waals surface area contributed by atoms with E-state index in [4.69, 9.17) is 5.73 Å². The maximum absolute atomic E-state index is 12.0. The van der Waals surface area contributed by atoms with Gasteiger partial charge in [-0.05, 0) is 25.8 Å². The van der Waals surface area contributed by atoms with E-state index in [1.165, 1.54) is 11.3 Å². The van der Waals surface area contributed by atoms with Crippen LogP contribution in [0.4, 0.5) is 0 Å². The zero-order valence-corrected chi connectivity index (χ0v) is 13.7. The number of carbonyl (C=O) groups is 2. The molecule has 0 radical (unpaired) electrons. The number of nitrogens with zero attached hydrogens (tertiary/aromatic N) is 2. The maximum Gasteiger partial charge on any atom is 0.270 e. The van der Waals surface area contributed by atoms with Gasteiger partial charge in [0.05, 0.1) is 5.01 Å². The molecule has 122 valence electrons. The Labute approximate surface area is 135 Å². The van der Waals surface area contributed by atoms with E-state index in [1.54, 1.807) is 5.38 Å². The molecule has 2 rings (SSSR count). The van der Waals surface area contributed by atoms with Gasteiger partial charge in [0, 0.05) is 37.9 Å². The van der Waals surface area contributed by atoms with Crippen LogP contribution in [0.1, 0.15) is 47.6 Å². The van der Waals surface area contributed by atoms with E-state index in [2.05, 4.69) is 10.3 Å². The molecule has 2 amide bonds. The van der Waals surface area contributed by atoms with Crippen LogP contribution in [0.3, 0.4) is 0 Å². The number of thiazole rings is 1. The zero-order chi connectivity index (χ0) is 15.8. The SMILES string of the molecule is NCCc1nc(C(=O)NCCCN2CCCCCC2=O)cs1.